The standard InChI is InChI=1S/C17H16N2O4/c1-11(19-7-3-4-13(9-19)12(2)20)17(21)18-14-5-6-15-16(8-14)23-10-22-15/h3-9,11H,10H2,1-2H3/p+1/t11-/m0/s1. The number of carbonyl (C=O) groups excluding carboxylic acids is 2. The fraction of sp³-hybridized carbons (Fsp3) is 0.235. The predicted molar refractivity (Wildman–Crippen MR) is 82.5 cm³/mol. The SMILES string of the molecule is CC(=O)c1ccc[n+]([C@@H](C)C(=O)Nc2ccc3c(c2)OCO3)c1. The van der Waals surface area contributed by atoms with Gasteiger partial charge < -0.3 is 14.8 Å². The molecule has 0 saturated carbocycles. The molecule has 1 aliphatic heterocycles. The van der Waals surface area contributed by atoms with E-state index in [4.69, 9.17) is 9.47 Å². The van der Waals surface area contributed by atoms with E-state index in [1.54, 1.807) is 54.2 Å². The number of hydrogen-bond donors (Lipinski definition) is 1. The van der Waals surface area contributed by atoms with Crippen LogP contribution in [0.4, 0.5) is 5.69 Å². The molecule has 23 heavy (non-hydrogen) atoms. The average Bonchev–Trinajstić information content (AvgIpc) is 3.01. The second kappa shape index (κ2) is 6.08. The van der Waals surface area contributed by atoms with E-state index in [-0.39, 0.29) is 18.5 Å². The fourth-order valence-electron chi connectivity index (χ4n) is 2.30. The van der Waals surface area contributed by atoms with Gasteiger partial charge in [-0.25, -0.2) is 0 Å². The molecule has 0 unspecified atom stereocenters. The van der Waals surface area contributed by atoms with Crippen LogP contribution >= 0.6 is 0 Å². The number of fused-ring (bicyclic) bond motifs is 1. The Bertz CT molecular complexity index is 773. The summed E-state index contributed by atoms with van der Waals surface area (Å²) in [7, 11) is 0. The Labute approximate surface area is 133 Å². The minimum absolute atomic E-state index is 0.0391. The van der Waals surface area contributed by atoms with Gasteiger partial charge in [0.15, 0.2) is 29.7 Å². The van der Waals surface area contributed by atoms with Gasteiger partial charge in [0.1, 0.15) is 0 Å². The van der Waals surface area contributed by atoms with Crippen LogP contribution in [0, 0.1) is 0 Å². The Morgan fingerprint density at radius 3 is 2.78 bits per heavy atom. The van der Waals surface area contributed by atoms with Crippen LogP contribution in [0.3, 0.4) is 0 Å². The van der Waals surface area contributed by atoms with Crippen LogP contribution in [0.15, 0.2) is 42.7 Å². The Hall–Kier alpha value is -2.89. The highest BCUT2D eigenvalue weighted by Gasteiger charge is 2.23. The molecule has 6 nitrogen and oxygen atoms in total. The summed E-state index contributed by atoms with van der Waals surface area (Å²) < 4.78 is 12.2. The highest BCUT2D eigenvalue weighted by molar-refractivity contribution is 5.94. The molecule has 2 aromatic rings. The third-order valence-corrected chi connectivity index (χ3v) is 3.70. The zero-order valence-corrected chi connectivity index (χ0v) is 12.9. The van der Waals surface area contributed by atoms with Gasteiger partial charge in [-0.15, -0.1) is 0 Å². The van der Waals surface area contributed by atoms with Crippen LogP contribution in [0.2, 0.25) is 0 Å². The molecule has 1 atom stereocenters. The number of pyridine rings is 1. The summed E-state index contributed by atoms with van der Waals surface area (Å²) in [6.45, 7) is 3.46. The van der Waals surface area contributed by atoms with E-state index >= 15 is 0 Å². The largest absolute Gasteiger partial charge is 0.454 e. The van der Waals surface area contributed by atoms with Crippen molar-refractivity contribution in [3.63, 3.8) is 0 Å². The van der Waals surface area contributed by atoms with Crippen molar-refractivity contribution in [2.45, 2.75) is 19.9 Å². The minimum Gasteiger partial charge on any atom is -0.454 e. The number of benzene rings is 1. The second-order valence-electron chi connectivity index (χ2n) is 5.33. The first-order chi connectivity index (χ1) is 11.0. The summed E-state index contributed by atoms with van der Waals surface area (Å²) in [6, 6.07) is 8.26. The molecule has 6 heteroatoms. The van der Waals surface area contributed by atoms with Gasteiger partial charge in [0.25, 0.3) is 5.91 Å². The van der Waals surface area contributed by atoms with Gasteiger partial charge in [-0.2, -0.15) is 4.57 Å². The number of anilines is 1. The summed E-state index contributed by atoms with van der Waals surface area (Å²) in [6.07, 6.45) is 3.43. The maximum Gasteiger partial charge on any atom is 0.293 e. The molecule has 1 aromatic carbocycles. The van der Waals surface area contributed by atoms with Crippen molar-refractivity contribution in [3.05, 3.63) is 48.3 Å². The van der Waals surface area contributed by atoms with Crippen LogP contribution in [-0.4, -0.2) is 18.5 Å². The van der Waals surface area contributed by atoms with Gasteiger partial charge >= 0.3 is 0 Å². The summed E-state index contributed by atoms with van der Waals surface area (Å²) in [4.78, 5) is 23.9. The van der Waals surface area contributed by atoms with Gasteiger partial charge in [-0.05, 0) is 25.1 Å². The zero-order chi connectivity index (χ0) is 16.4. The van der Waals surface area contributed by atoms with Crippen molar-refractivity contribution in [1.29, 1.82) is 0 Å². The Kier molecular flexibility index (Phi) is 3.97. The first-order valence-electron chi connectivity index (χ1n) is 7.27. The molecule has 0 bridgehead atoms. The van der Waals surface area contributed by atoms with Crippen molar-refractivity contribution in [1.82, 2.24) is 0 Å². The Balaban J connectivity index is 1.75. The Morgan fingerprint density at radius 1 is 1.22 bits per heavy atom. The van der Waals surface area contributed by atoms with Gasteiger partial charge in [-0.3, -0.25) is 9.59 Å². The summed E-state index contributed by atoms with van der Waals surface area (Å²) in [5.41, 5.74) is 1.20. The number of rotatable bonds is 4. The number of amides is 1. The minimum atomic E-state index is -0.459. The second-order valence-corrected chi connectivity index (χ2v) is 5.33. The average molecular weight is 313 g/mol. The number of ether oxygens (including phenoxy) is 2. The molecule has 1 N–H and O–H groups in total. The molecule has 3 rings (SSSR count). The topological polar surface area (TPSA) is 68.5 Å². The van der Waals surface area contributed by atoms with E-state index in [0.29, 0.717) is 22.7 Å². The first kappa shape index (κ1) is 15.0. The number of Topliss-reactive ketones (excluding diaryl/α,β-unsaturated/α-hetero) is 1. The third-order valence-electron chi connectivity index (χ3n) is 3.70. The molecule has 0 spiro atoms. The number of nitrogens with one attached hydrogen (secondary N) is 1. The van der Waals surface area contributed by atoms with Gasteiger partial charge in [-0.1, -0.05) is 0 Å². The quantitative estimate of drug-likeness (QED) is 0.693. The number of carbonyl (C=O) groups is 2. The van der Waals surface area contributed by atoms with E-state index in [1.807, 2.05) is 0 Å². The summed E-state index contributed by atoms with van der Waals surface area (Å²) in [5, 5.41) is 2.84. The summed E-state index contributed by atoms with van der Waals surface area (Å²) >= 11 is 0. The lowest BCUT2D eigenvalue weighted by Crippen LogP contribution is -2.44. The highest BCUT2D eigenvalue weighted by atomic mass is 16.7. The molecular weight excluding hydrogens is 296 g/mol. The van der Waals surface area contributed by atoms with Crippen LogP contribution in [0.1, 0.15) is 30.2 Å². The lowest BCUT2D eigenvalue weighted by Gasteiger charge is -2.09. The fourth-order valence-corrected chi connectivity index (χ4v) is 2.30. The van der Waals surface area contributed by atoms with E-state index < -0.39 is 6.04 Å². The summed E-state index contributed by atoms with van der Waals surface area (Å²) in [5.74, 6) is 1.05. The zero-order valence-electron chi connectivity index (χ0n) is 12.9. The van der Waals surface area contributed by atoms with Crippen molar-refractivity contribution in [2.75, 3.05) is 12.1 Å². The first-order valence-corrected chi connectivity index (χ1v) is 7.27. The highest BCUT2D eigenvalue weighted by Crippen LogP contribution is 2.34. The van der Waals surface area contributed by atoms with Crippen LogP contribution in [-0.2, 0) is 4.79 Å². The molecule has 2 heterocycles. The van der Waals surface area contributed by atoms with Crippen molar-refractivity contribution >= 4 is 17.4 Å². The predicted octanol–water partition coefficient (Wildman–Crippen LogP) is 2.11. The Morgan fingerprint density at radius 2 is 2.00 bits per heavy atom. The number of ketones is 1. The molecule has 0 fully saturated rings. The maximum absolute atomic E-state index is 12.4. The van der Waals surface area contributed by atoms with Crippen molar-refractivity contribution < 1.29 is 23.6 Å². The van der Waals surface area contributed by atoms with E-state index in [0.717, 1.165) is 0 Å². The van der Waals surface area contributed by atoms with E-state index in [2.05, 4.69) is 5.32 Å². The maximum atomic E-state index is 12.4. The molecule has 1 amide bonds. The molecule has 0 radical (unpaired) electrons. The van der Waals surface area contributed by atoms with Gasteiger partial charge in [0, 0.05) is 24.7 Å². The molecule has 0 saturated heterocycles. The van der Waals surface area contributed by atoms with Crippen LogP contribution in [0.5, 0.6) is 11.5 Å². The lowest BCUT2D eigenvalue weighted by molar-refractivity contribution is -0.705. The van der Waals surface area contributed by atoms with Crippen LogP contribution < -0.4 is 19.4 Å². The molecule has 0 aliphatic carbocycles. The van der Waals surface area contributed by atoms with Gasteiger partial charge in [0.05, 0.1) is 5.56 Å². The molecule has 1 aromatic heterocycles. The molecule has 1 aliphatic rings. The number of nitrogens with zero attached hydrogens (tertiary/aromatic N) is 1. The monoisotopic (exact) mass is 313 g/mol. The van der Waals surface area contributed by atoms with Crippen LogP contribution in [0.25, 0.3) is 0 Å². The number of hydrogen-bond acceptors (Lipinski definition) is 4. The molecular formula is C17H17N2O4+. The normalized spacial score (nSPS) is 13.5. The number of aromatic nitrogens is 1. The van der Waals surface area contributed by atoms with Crippen molar-refractivity contribution in [2.24, 2.45) is 0 Å². The smallest absolute Gasteiger partial charge is 0.293 e. The lowest BCUT2D eigenvalue weighted by atomic mass is 10.2. The van der Waals surface area contributed by atoms with Crippen molar-refractivity contribution in [3.8, 4) is 11.5 Å². The molecule has 118 valence electrons. The van der Waals surface area contributed by atoms with E-state index in [1.165, 1.54) is 6.92 Å². The van der Waals surface area contributed by atoms with E-state index in [9.17, 15) is 9.59 Å². The third kappa shape index (κ3) is 3.15. The van der Waals surface area contributed by atoms with Gasteiger partial charge in [0.2, 0.25) is 12.8 Å².